The summed E-state index contributed by atoms with van der Waals surface area (Å²) in [6.07, 6.45) is 9.61. The highest BCUT2D eigenvalue weighted by Crippen LogP contribution is 2.27. The number of nitrogens with one attached hydrogen (secondary N) is 1. The minimum atomic E-state index is 0.646. The Morgan fingerprint density at radius 1 is 0.889 bits per heavy atom. The summed E-state index contributed by atoms with van der Waals surface area (Å²) in [5.41, 5.74) is 0. The molecular formula is C14H25N3S. The molecule has 0 radical (unpaired) electrons. The molecule has 4 heteroatoms. The number of nitrogens with zero attached hydrogens (tertiary/aromatic N) is 2. The van der Waals surface area contributed by atoms with Crippen LogP contribution in [0.4, 0.5) is 0 Å². The van der Waals surface area contributed by atoms with Gasteiger partial charge >= 0.3 is 0 Å². The van der Waals surface area contributed by atoms with E-state index in [0.717, 1.165) is 24.2 Å². The topological polar surface area (TPSA) is 18.5 Å². The summed E-state index contributed by atoms with van der Waals surface area (Å²) in [4.78, 5) is 5.02. The molecule has 0 spiro atoms. The van der Waals surface area contributed by atoms with Gasteiger partial charge in [0, 0.05) is 38.3 Å². The second kappa shape index (κ2) is 5.74. The van der Waals surface area contributed by atoms with E-state index in [1.165, 1.54) is 58.0 Å². The van der Waals surface area contributed by atoms with Crippen LogP contribution in [0.1, 0.15) is 44.9 Å². The second-order valence-corrected chi connectivity index (χ2v) is 6.43. The fourth-order valence-electron chi connectivity index (χ4n) is 3.24. The molecule has 1 saturated heterocycles. The summed E-state index contributed by atoms with van der Waals surface area (Å²) in [6, 6.07) is 1.56. The highest BCUT2D eigenvalue weighted by Gasteiger charge is 2.31. The number of hydrogen-bond donors (Lipinski definition) is 1. The molecule has 0 aromatic carbocycles. The summed E-state index contributed by atoms with van der Waals surface area (Å²) in [6.45, 7) is 4.65. The lowest BCUT2D eigenvalue weighted by molar-refractivity contribution is 0.172. The van der Waals surface area contributed by atoms with E-state index in [0.29, 0.717) is 6.04 Å². The van der Waals surface area contributed by atoms with E-state index in [4.69, 9.17) is 12.2 Å². The second-order valence-electron chi connectivity index (χ2n) is 6.04. The van der Waals surface area contributed by atoms with Crippen LogP contribution in [-0.4, -0.2) is 53.2 Å². The van der Waals surface area contributed by atoms with Crippen molar-refractivity contribution in [3.63, 3.8) is 0 Å². The van der Waals surface area contributed by atoms with Crippen LogP contribution < -0.4 is 5.32 Å². The van der Waals surface area contributed by atoms with E-state index in [1.807, 2.05) is 0 Å². The first kappa shape index (κ1) is 12.7. The van der Waals surface area contributed by atoms with Crippen molar-refractivity contribution in [2.45, 2.75) is 57.0 Å². The summed E-state index contributed by atoms with van der Waals surface area (Å²) < 4.78 is 0. The largest absolute Gasteiger partial charge is 0.360 e. The fraction of sp³-hybridized carbons (Fsp3) is 0.929. The Morgan fingerprint density at radius 2 is 1.56 bits per heavy atom. The van der Waals surface area contributed by atoms with Gasteiger partial charge in [-0.25, -0.2) is 0 Å². The summed E-state index contributed by atoms with van der Waals surface area (Å²) in [5, 5.41) is 4.60. The van der Waals surface area contributed by atoms with Crippen LogP contribution in [0.5, 0.6) is 0 Å². The number of rotatable bonds is 2. The van der Waals surface area contributed by atoms with E-state index in [-0.39, 0.29) is 0 Å². The molecule has 0 aromatic heterocycles. The molecule has 1 heterocycles. The van der Waals surface area contributed by atoms with E-state index in [2.05, 4.69) is 15.1 Å². The highest BCUT2D eigenvalue weighted by molar-refractivity contribution is 7.80. The molecule has 0 atom stereocenters. The number of thiocarbonyl (C=S) groups is 1. The van der Waals surface area contributed by atoms with Gasteiger partial charge in [-0.3, -0.25) is 4.90 Å². The van der Waals surface area contributed by atoms with Gasteiger partial charge in [-0.05, 0) is 37.9 Å². The third-order valence-electron chi connectivity index (χ3n) is 4.60. The summed E-state index contributed by atoms with van der Waals surface area (Å²) >= 11 is 5.57. The quantitative estimate of drug-likeness (QED) is 0.771. The van der Waals surface area contributed by atoms with Crippen molar-refractivity contribution in [2.24, 2.45) is 0 Å². The average Bonchev–Trinajstić information content (AvgIpc) is 3.24. The van der Waals surface area contributed by atoms with Crippen molar-refractivity contribution in [2.75, 3.05) is 26.2 Å². The third kappa shape index (κ3) is 3.15. The van der Waals surface area contributed by atoms with Crippen molar-refractivity contribution in [1.29, 1.82) is 0 Å². The van der Waals surface area contributed by atoms with Crippen LogP contribution in [0.15, 0.2) is 0 Å². The standard InChI is InChI=1S/C14H25N3S/c18-14(15-12-4-2-1-3-5-12)17-10-8-16(9-11-17)13-6-7-13/h12-13H,1-11H2,(H,15,18). The van der Waals surface area contributed by atoms with Crippen molar-refractivity contribution in [3.05, 3.63) is 0 Å². The molecule has 3 fully saturated rings. The minimum Gasteiger partial charge on any atom is -0.360 e. The number of hydrogen-bond acceptors (Lipinski definition) is 2. The first-order valence-corrected chi connectivity index (χ1v) is 8.03. The molecule has 1 aliphatic heterocycles. The molecule has 102 valence electrons. The molecule has 2 aliphatic carbocycles. The van der Waals surface area contributed by atoms with Crippen LogP contribution in [0.3, 0.4) is 0 Å². The van der Waals surface area contributed by atoms with Crippen LogP contribution in [-0.2, 0) is 0 Å². The summed E-state index contributed by atoms with van der Waals surface area (Å²) in [7, 11) is 0. The molecule has 0 bridgehead atoms. The molecule has 3 rings (SSSR count). The normalized spacial score (nSPS) is 27.2. The molecule has 0 aromatic rings. The first-order chi connectivity index (χ1) is 8.83. The van der Waals surface area contributed by atoms with Gasteiger partial charge < -0.3 is 10.2 Å². The lowest BCUT2D eigenvalue weighted by atomic mass is 9.96. The van der Waals surface area contributed by atoms with E-state index >= 15 is 0 Å². The Labute approximate surface area is 116 Å². The van der Waals surface area contributed by atoms with Gasteiger partial charge in [-0.2, -0.15) is 0 Å². The first-order valence-electron chi connectivity index (χ1n) is 7.62. The smallest absolute Gasteiger partial charge is 0.169 e. The van der Waals surface area contributed by atoms with Gasteiger partial charge in [0.2, 0.25) is 0 Å². The van der Waals surface area contributed by atoms with Gasteiger partial charge in [0.25, 0.3) is 0 Å². The van der Waals surface area contributed by atoms with Gasteiger partial charge in [0.05, 0.1) is 0 Å². The van der Waals surface area contributed by atoms with Gasteiger partial charge in [-0.1, -0.05) is 19.3 Å². The Bertz CT molecular complexity index is 289. The van der Waals surface area contributed by atoms with Crippen LogP contribution in [0.2, 0.25) is 0 Å². The Balaban J connectivity index is 1.42. The lowest BCUT2D eigenvalue weighted by Crippen LogP contribution is -2.53. The zero-order valence-electron chi connectivity index (χ0n) is 11.2. The van der Waals surface area contributed by atoms with Crippen LogP contribution >= 0.6 is 12.2 Å². The van der Waals surface area contributed by atoms with Crippen LogP contribution in [0.25, 0.3) is 0 Å². The predicted octanol–water partition coefficient (Wildman–Crippen LogP) is 1.97. The van der Waals surface area contributed by atoms with Gasteiger partial charge in [-0.15, -0.1) is 0 Å². The van der Waals surface area contributed by atoms with Gasteiger partial charge in [0.1, 0.15) is 0 Å². The molecule has 3 aliphatic rings. The maximum atomic E-state index is 5.57. The summed E-state index contributed by atoms with van der Waals surface area (Å²) in [5.74, 6) is 0. The Hall–Kier alpha value is -0.350. The third-order valence-corrected chi connectivity index (χ3v) is 4.97. The zero-order chi connectivity index (χ0) is 12.4. The highest BCUT2D eigenvalue weighted by atomic mass is 32.1. The molecular weight excluding hydrogens is 242 g/mol. The van der Waals surface area contributed by atoms with Crippen LogP contribution in [0, 0.1) is 0 Å². The maximum absolute atomic E-state index is 5.57. The fourth-order valence-corrected chi connectivity index (χ4v) is 3.59. The molecule has 1 N–H and O–H groups in total. The molecule has 3 nitrogen and oxygen atoms in total. The zero-order valence-corrected chi connectivity index (χ0v) is 12.1. The monoisotopic (exact) mass is 267 g/mol. The lowest BCUT2D eigenvalue weighted by Gasteiger charge is -2.37. The Kier molecular flexibility index (Phi) is 4.04. The van der Waals surface area contributed by atoms with Crippen molar-refractivity contribution >= 4 is 17.3 Å². The Morgan fingerprint density at radius 3 is 2.17 bits per heavy atom. The maximum Gasteiger partial charge on any atom is 0.169 e. The SMILES string of the molecule is S=C(NC1CCCCC1)N1CCN(C2CC2)CC1. The van der Waals surface area contributed by atoms with Gasteiger partial charge in [0.15, 0.2) is 5.11 Å². The van der Waals surface area contributed by atoms with E-state index in [1.54, 1.807) is 0 Å². The van der Waals surface area contributed by atoms with E-state index in [9.17, 15) is 0 Å². The molecule has 18 heavy (non-hydrogen) atoms. The number of piperazine rings is 1. The molecule has 0 amide bonds. The van der Waals surface area contributed by atoms with Crippen molar-refractivity contribution in [3.8, 4) is 0 Å². The minimum absolute atomic E-state index is 0.646. The van der Waals surface area contributed by atoms with Crippen molar-refractivity contribution < 1.29 is 0 Å². The molecule has 0 unspecified atom stereocenters. The van der Waals surface area contributed by atoms with Crippen molar-refractivity contribution in [1.82, 2.24) is 15.1 Å². The molecule has 2 saturated carbocycles. The predicted molar refractivity (Wildman–Crippen MR) is 78.8 cm³/mol. The average molecular weight is 267 g/mol. The van der Waals surface area contributed by atoms with E-state index < -0.39 is 0 Å².